The first-order valence-corrected chi connectivity index (χ1v) is 10.4. The third kappa shape index (κ3) is 6.68. The van der Waals surface area contributed by atoms with Gasteiger partial charge in [-0.3, -0.25) is 20.4 Å². The highest BCUT2D eigenvalue weighted by atomic mass is 79.9. The quantitative estimate of drug-likeness (QED) is 0.525. The zero-order chi connectivity index (χ0) is 20.4. The van der Waals surface area contributed by atoms with Crippen LogP contribution in [0.25, 0.3) is 0 Å². The van der Waals surface area contributed by atoms with Crippen LogP contribution in [0.3, 0.4) is 0 Å². The summed E-state index contributed by atoms with van der Waals surface area (Å²) in [7, 11) is 0. The molecule has 0 bridgehead atoms. The van der Waals surface area contributed by atoms with Gasteiger partial charge in [-0.1, -0.05) is 45.2 Å². The number of carbonyl (C=O) groups excluding carboxylic acids is 2. The molecule has 2 aromatic rings. The predicted octanol–water partition coefficient (Wildman–Crippen LogP) is 5.12. The van der Waals surface area contributed by atoms with Gasteiger partial charge in [0.05, 0.1) is 12.2 Å². The Hall–Kier alpha value is -2.34. The molecule has 2 amide bonds. The highest BCUT2D eigenvalue weighted by molar-refractivity contribution is 9.10. The highest BCUT2D eigenvalue weighted by Crippen LogP contribution is 2.18. The van der Waals surface area contributed by atoms with Crippen LogP contribution in [-0.2, 0) is 0 Å². The molecule has 0 heterocycles. The fraction of sp³-hybridized carbons (Fsp3) is 0.364. The standard InChI is InChI=1S/C22H27BrN2O3/c1-3-5-8-16(4-2)15-28-18-13-11-17(12-14-18)21(26)24-25-22(27)19-9-6-7-10-20(19)23/h6-7,9-14,16H,3-5,8,15H2,1-2H3,(H,24,26)(H,25,27)/t16-/m1/s1. The zero-order valence-electron chi connectivity index (χ0n) is 16.3. The molecule has 0 fully saturated rings. The van der Waals surface area contributed by atoms with Crippen molar-refractivity contribution in [1.29, 1.82) is 0 Å². The number of rotatable bonds is 9. The lowest BCUT2D eigenvalue weighted by molar-refractivity contribution is 0.0846. The number of hydrogen-bond donors (Lipinski definition) is 2. The Labute approximate surface area is 175 Å². The maximum atomic E-state index is 12.2. The van der Waals surface area contributed by atoms with Gasteiger partial charge in [-0.2, -0.15) is 0 Å². The summed E-state index contributed by atoms with van der Waals surface area (Å²) in [6.07, 6.45) is 4.67. The van der Waals surface area contributed by atoms with Gasteiger partial charge in [0, 0.05) is 10.0 Å². The van der Waals surface area contributed by atoms with E-state index in [0.717, 1.165) is 12.2 Å². The van der Waals surface area contributed by atoms with Crippen molar-refractivity contribution in [3.05, 3.63) is 64.1 Å². The Kier molecular flexibility index (Phi) is 9.01. The Morgan fingerprint density at radius 2 is 1.68 bits per heavy atom. The predicted molar refractivity (Wildman–Crippen MR) is 114 cm³/mol. The van der Waals surface area contributed by atoms with E-state index in [9.17, 15) is 9.59 Å². The minimum atomic E-state index is -0.390. The lowest BCUT2D eigenvalue weighted by Crippen LogP contribution is -2.41. The van der Waals surface area contributed by atoms with Gasteiger partial charge in [0.15, 0.2) is 0 Å². The van der Waals surface area contributed by atoms with E-state index in [1.165, 1.54) is 19.3 Å². The average molecular weight is 447 g/mol. The van der Waals surface area contributed by atoms with Crippen molar-refractivity contribution in [2.24, 2.45) is 5.92 Å². The molecule has 2 N–H and O–H groups in total. The number of benzene rings is 2. The summed E-state index contributed by atoms with van der Waals surface area (Å²) in [5.41, 5.74) is 5.73. The van der Waals surface area contributed by atoms with Crippen molar-refractivity contribution in [2.45, 2.75) is 39.5 Å². The molecule has 0 aliphatic carbocycles. The molecule has 6 heteroatoms. The maximum absolute atomic E-state index is 12.2. The van der Waals surface area contributed by atoms with Crippen LogP contribution < -0.4 is 15.6 Å². The maximum Gasteiger partial charge on any atom is 0.270 e. The van der Waals surface area contributed by atoms with Crippen LogP contribution in [0.2, 0.25) is 0 Å². The van der Waals surface area contributed by atoms with E-state index >= 15 is 0 Å². The number of hydrogen-bond acceptors (Lipinski definition) is 3. The molecule has 0 saturated carbocycles. The largest absolute Gasteiger partial charge is 0.493 e. The van der Waals surface area contributed by atoms with E-state index in [2.05, 4.69) is 40.6 Å². The SMILES string of the molecule is CCCC[C@@H](CC)COc1ccc(C(=O)NNC(=O)c2ccccc2Br)cc1. The molecule has 5 nitrogen and oxygen atoms in total. The molecule has 150 valence electrons. The van der Waals surface area contributed by atoms with E-state index < -0.39 is 5.91 Å². The first-order valence-electron chi connectivity index (χ1n) is 9.63. The highest BCUT2D eigenvalue weighted by Gasteiger charge is 2.12. The molecule has 0 radical (unpaired) electrons. The Balaban J connectivity index is 1.84. The Morgan fingerprint density at radius 1 is 1.00 bits per heavy atom. The van der Waals surface area contributed by atoms with E-state index in [1.807, 2.05) is 6.07 Å². The number of carbonyl (C=O) groups is 2. The Morgan fingerprint density at radius 3 is 2.32 bits per heavy atom. The number of hydrazine groups is 1. The van der Waals surface area contributed by atoms with Crippen LogP contribution in [0.1, 0.15) is 60.2 Å². The number of ether oxygens (including phenoxy) is 1. The van der Waals surface area contributed by atoms with Crippen LogP contribution in [-0.4, -0.2) is 18.4 Å². The number of unbranched alkanes of at least 4 members (excludes halogenated alkanes) is 1. The van der Waals surface area contributed by atoms with Crippen LogP contribution in [0, 0.1) is 5.92 Å². The summed E-state index contributed by atoms with van der Waals surface area (Å²) in [5.74, 6) is 0.513. The summed E-state index contributed by atoms with van der Waals surface area (Å²) in [6.45, 7) is 5.06. The molecule has 0 aliphatic heterocycles. The van der Waals surface area contributed by atoms with Gasteiger partial charge in [-0.15, -0.1) is 0 Å². The monoisotopic (exact) mass is 446 g/mol. The molecule has 2 rings (SSSR count). The van der Waals surface area contributed by atoms with Gasteiger partial charge in [0.1, 0.15) is 5.75 Å². The van der Waals surface area contributed by atoms with Crippen LogP contribution in [0.5, 0.6) is 5.75 Å². The van der Waals surface area contributed by atoms with E-state index in [-0.39, 0.29) is 5.91 Å². The first-order chi connectivity index (χ1) is 13.5. The van der Waals surface area contributed by atoms with E-state index in [0.29, 0.717) is 28.1 Å². The summed E-state index contributed by atoms with van der Waals surface area (Å²) in [5, 5.41) is 0. The van der Waals surface area contributed by atoms with Crippen molar-refractivity contribution in [3.8, 4) is 5.75 Å². The van der Waals surface area contributed by atoms with Crippen molar-refractivity contribution in [1.82, 2.24) is 10.9 Å². The summed E-state index contributed by atoms with van der Waals surface area (Å²) < 4.78 is 6.51. The van der Waals surface area contributed by atoms with Gasteiger partial charge in [-0.25, -0.2) is 0 Å². The topological polar surface area (TPSA) is 67.4 Å². The summed E-state index contributed by atoms with van der Waals surface area (Å²) in [4.78, 5) is 24.4. The molecule has 0 spiro atoms. The summed E-state index contributed by atoms with van der Waals surface area (Å²) in [6, 6.07) is 13.9. The van der Waals surface area contributed by atoms with Gasteiger partial charge >= 0.3 is 0 Å². The van der Waals surface area contributed by atoms with Gasteiger partial charge in [0.25, 0.3) is 11.8 Å². The van der Waals surface area contributed by atoms with Gasteiger partial charge in [0.2, 0.25) is 0 Å². The normalized spacial score (nSPS) is 11.5. The molecule has 2 aromatic carbocycles. The average Bonchev–Trinajstić information content (AvgIpc) is 2.72. The molecule has 0 aliphatic rings. The minimum Gasteiger partial charge on any atom is -0.493 e. The third-order valence-electron chi connectivity index (χ3n) is 4.55. The molecular formula is C22H27BrN2O3. The molecule has 0 aromatic heterocycles. The fourth-order valence-electron chi connectivity index (χ4n) is 2.71. The molecule has 0 saturated heterocycles. The van der Waals surface area contributed by atoms with Crippen LogP contribution in [0.4, 0.5) is 0 Å². The van der Waals surface area contributed by atoms with E-state index in [4.69, 9.17) is 4.74 Å². The van der Waals surface area contributed by atoms with Crippen molar-refractivity contribution in [2.75, 3.05) is 6.61 Å². The molecule has 28 heavy (non-hydrogen) atoms. The molecular weight excluding hydrogens is 420 g/mol. The second-order valence-electron chi connectivity index (χ2n) is 6.64. The second kappa shape index (κ2) is 11.5. The number of amides is 2. The number of nitrogens with one attached hydrogen (secondary N) is 2. The smallest absolute Gasteiger partial charge is 0.270 e. The molecule has 1 atom stereocenters. The third-order valence-corrected chi connectivity index (χ3v) is 5.25. The molecule has 0 unspecified atom stereocenters. The van der Waals surface area contributed by atoms with E-state index in [1.54, 1.807) is 42.5 Å². The van der Waals surface area contributed by atoms with Crippen molar-refractivity contribution in [3.63, 3.8) is 0 Å². The second-order valence-corrected chi connectivity index (χ2v) is 7.49. The van der Waals surface area contributed by atoms with Gasteiger partial charge in [-0.05, 0) is 64.7 Å². The summed E-state index contributed by atoms with van der Waals surface area (Å²) >= 11 is 3.31. The van der Waals surface area contributed by atoms with Crippen molar-refractivity contribution < 1.29 is 14.3 Å². The fourth-order valence-corrected chi connectivity index (χ4v) is 3.18. The lowest BCUT2D eigenvalue weighted by atomic mass is 10.0. The lowest BCUT2D eigenvalue weighted by Gasteiger charge is -2.15. The van der Waals surface area contributed by atoms with Crippen molar-refractivity contribution >= 4 is 27.7 Å². The number of halogens is 1. The minimum absolute atomic E-state index is 0.388. The Bertz CT molecular complexity index is 778. The van der Waals surface area contributed by atoms with Crippen LogP contribution in [0.15, 0.2) is 53.0 Å². The first kappa shape index (κ1) is 22.0. The zero-order valence-corrected chi connectivity index (χ0v) is 17.9. The van der Waals surface area contributed by atoms with Crippen LogP contribution >= 0.6 is 15.9 Å². The van der Waals surface area contributed by atoms with Gasteiger partial charge < -0.3 is 4.74 Å².